The first-order valence-electron chi connectivity index (χ1n) is 5.72. The monoisotopic (exact) mass is 262 g/mol. The van der Waals surface area contributed by atoms with E-state index in [-0.39, 0.29) is 23.5 Å². The van der Waals surface area contributed by atoms with E-state index in [0.717, 1.165) is 17.7 Å². The number of carbonyl (C=O) groups is 1. The molecule has 0 aliphatic heterocycles. The van der Waals surface area contributed by atoms with Crippen molar-refractivity contribution >= 4 is 5.78 Å². The predicted octanol–water partition coefficient (Wildman–Crippen LogP) is 3.40. The summed E-state index contributed by atoms with van der Waals surface area (Å²) in [6.07, 6.45) is 0.113. The Balaban J connectivity index is 2.31. The van der Waals surface area contributed by atoms with Gasteiger partial charge in [0.05, 0.1) is 12.7 Å². The minimum absolute atomic E-state index is 0.0415. The van der Waals surface area contributed by atoms with Crippen molar-refractivity contribution in [3.63, 3.8) is 0 Å². The summed E-state index contributed by atoms with van der Waals surface area (Å²) >= 11 is 0. The van der Waals surface area contributed by atoms with Crippen LogP contribution in [0, 0.1) is 11.6 Å². The fourth-order valence-electron chi connectivity index (χ4n) is 1.79. The Kier molecular flexibility index (Phi) is 3.90. The van der Waals surface area contributed by atoms with Crippen molar-refractivity contribution < 1.29 is 18.3 Å². The molecule has 0 atom stereocenters. The van der Waals surface area contributed by atoms with E-state index in [1.54, 1.807) is 12.1 Å². The molecule has 0 saturated heterocycles. The SMILES string of the molecule is COc1cc(F)c(F)cc1C(=O)Cc1ccccc1. The van der Waals surface area contributed by atoms with Gasteiger partial charge in [-0.3, -0.25) is 4.79 Å². The third-order valence-electron chi connectivity index (χ3n) is 2.75. The van der Waals surface area contributed by atoms with Crippen molar-refractivity contribution in [3.05, 3.63) is 65.2 Å². The lowest BCUT2D eigenvalue weighted by Gasteiger charge is -2.08. The van der Waals surface area contributed by atoms with Gasteiger partial charge in [-0.15, -0.1) is 0 Å². The second-order valence-corrected chi connectivity index (χ2v) is 4.05. The quantitative estimate of drug-likeness (QED) is 0.789. The Hall–Kier alpha value is -2.23. The number of benzene rings is 2. The summed E-state index contributed by atoms with van der Waals surface area (Å²) in [7, 11) is 1.31. The topological polar surface area (TPSA) is 26.3 Å². The van der Waals surface area contributed by atoms with Gasteiger partial charge in [-0.1, -0.05) is 30.3 Å². The molecule has 0 saturated carbocycles. The number of ether oxygens (including phenoxy) is 1. The van der Waals surface area contributed by atoms with Gasteiger partial charge in [0.1, 0.15) is 5.75 Å². The van der Waals surface area contributed by atoms with Gasteiger partial charge in [-0.25, -0.2) is 8.78 Å². The summed E-state index contributed by atoms with van der Waals surface area (Å²) in [5.41, 5.74) is 0.851. The molecule has 0 N–H and O–H groups in total. The van der Waals surface area contributed by atoms with Gasteiger partial charge in [-0.2, -0.15) is 0 Å². The maximum absolute atomic E-state index is 13.2. The second kappa shape index (κ2) is 5.61. The average molecular weight is 262 g/mol. The van der Waals surface area contributed by atoms with Crippen molar-refractivity contribution in [2.45, 2.75) is 6.42 Å². The Morgan fingerprint density at radius 2 is 1.74 bits per heavy atom. The van der Waals surface area contributed by atoms with Gasteiger partial charge in [-0.05, 0) is 11.6 Å². The van der Waals surface area contributed by atoms with Gasteiger partial charge in [0, 0.05) is 12.5 Å². The van der Waals surface area contributed by atoms with E-state index in [4.69, 9.17) is 4.74 Å². The van der Waals surface area contributed by atoms with Crippen LogP contribution in [0.2, 0.25) is 0 Å². The number of rotatable bonds is 4. The van der Waals surface area contributed by atoms with E-state index < -0.39 is 11.6 Å². The number of ketones is 1. The fourth-order valence-corrected chi connectivity index (χ4v) is 1.79. The highest BCUT2D eigenvalue weighted by atomic mass is 19.2. The smallest absolute Gasteiger partial charge is 0.171 e. The largest absolute Gasteiger partial charge is 0.496 e. The third-order valence-corrected chi connectivity index (χ3v) is 2.75. The molecule has 4 heteroatoms. The second-order valence-electron chi connectivity index (χ2n) is 4.05. The van der Waals surface area contributed by atoms with Gasteiger partial charge in [0.15, 0.2) is 17.4 Å². The van der Waals surface area contributed by atoms with Crippen LogP contribution in [0.4, 0.5) is 8.78 Å². The summed E-state index contributed by atoms with van der Waals surface area (Å²) in [4.78, 5) is 12.1. The normalized spacial score (nSPS) is 10.3. The van der Waals surface area contributed by atoms with Crippen LogP contribution >= 0.6 is 0 Å². The Morgan fingerprint density at radius 1 is 1.11 bits per heavy atom. The lowest BCUT2D eigenvalue weighted by atomic mass is 10.0. The lowest BCUT2D eigenvalue weighted by molar-refractivity contribution is 0.0989. The average Bonchev–Trinajstić information content (AvgIpc) is 2.42. The molecule has 0 fully saturated rings. The molecule has 0 spiro atoms. The molecule has 0 heterocycles. The number of hydrogen-bond acceptors (Lipinski definition) is 2. The van der Waals surface area contributed by atoms with Crippen molar-refractivity contribution in [2.24, 2.45) is 0 Å². The van der Waals surface area contributed by atoms with Gasteiger partial charge in [0.25, 0.3) is 0 Å². The summed E-state index contributed by atoms with van der Waals surface area (Å²) in [6.45, 7) is 0. The molecule has 2 aromatic carbocycles. The van der Waals surface area contributed by atoms with Crippen LogP contribution in [0.25, 0.3) is 0 Å². The summed E-state index contributed by atoms with van der Waals surface area (Å²) in [5, 5.41) is 0. The number of hydrogen-bond donors (Lipinski definition) is 0. The first-order chi connectivity index (χ1) is 9.11. The maximum Gasteiger partial charge on any atom is 0.171 e. The van der Waals surface area contributed by atoms with Crippen molar-refractivity contribution in [3.8, 4) is 5.75 Å². The molecule has 0 unspecified atom stereocenters. The highest BCUT2D eigenvalue weighted by molar-refractivity contribution is 6.00. The molecular formula is C15H12F2O2. The summed E-state index contributed by atoms with van der Waals surface area (Å²) < 4.78 is 31.2. The zero-order valence-corrected chi connectivity index (χ0v) is 10.3. The van der Waals surface area contributed by atoms with Crippen LogP contribution in [0.1, 0.15) is 15.9 Å². The predicted molar refractivity (Wildman–Crippen MR) is 67.4 cm³/mol. The van der Waals surface area contributed by atoms with E-state index in [9.17, 15) is 13.6 Å². The Bertz CT molecular complexity index is 595. The van der Waals surface area contributed by atoms with Crippen molar-refractivity contribution in [2.75, 3.05) is 7.11 Å². The molecule has 0 amide bonds. The minimum Gasteiger partial charge on any atom is -0.496 e. The highest BCUT2D eigenvalue weighted by Crippen LogP contribution is 2.23. The van der Waals surface area contributed by atoms with Crippen LogP contribution in [-0.2, 0) is 6.42 Å². The molecular weight excluding hydrogens is 250 g/mol. The molecule has 0 radical (unpaired) electrons. The van der Waals surface area contributed by atoms with E-state index >= 15 is 0 Å². The number of Topliss-reactive ketones (excluding diaryl/α,β-unsaturated/α-hetero) is 1. The van der Waals surface area contributed by atoms with E-state index in [1.165, 1.54) is 7.11 Å². The maximum atomic E-state index is 13.2. The first kappa shape index (κ1) is 13.2. The third kappa shape index (κ3) is 2.96. The minimum atomic E-state index is -1.06. The van der Waals surface area contributed by atoms with Gasteiger partial charge < -0.3 is 4.74 Å². The standard InChI is InChI=1S/C15H12F2O2/c1-19-15-9-13(17)12(16)8-11(15)14(18)7-10-5-3-2-4-6-10/h2-6,8-9H,7H2,1H3. The van der Waals surface area contributed by atoms with E-state index in [1.807, 2.05) is 18.2 Å². The zero-order chi connectivity index (χ0) is 13.8. The molecule has 19 heavy (non-hydrogen) atoms. The first-order valence-corrected chi connectivity index (χ1v) is 5.72. The molecule has 0 aliphatic carbocycles. The number of halogens is 2. The summed E-state index contributed by atoms with van der Waals surface area (Å²) in [5.74, 6) is -2.37. The fraction of sp³-hybridized carbons (Fsp3) is 0.133. The highest BCUT2D eigenvalue weighted by Gasteiger charge is 2.16. The lowest BCUT2D eigenvalue weighted by Crippen LogP contribution is -2.07. The van der Waals surface area contributed by atoms with Crippen LogP contribution < -0.4 is 4.74 Å². The molecule has 2 rings (SSSR count). The number of carbonyl (C=O) groups excluding carboxylic acids is 1. The van der Waals surface area contributed by atoms with E-state index in [2.05, 4.69) is 0 Å². The molecule has 2 aromatic rings. The van der Waals surface area contributed by atoms with Crippen molar-refractivity contribution in [1.82, 2.24) is 0 Å². The van der Waals surface area contributed by atoms with E-state index in [0.29, 0.717) is 0 Å². The Labute approximate surface area is 109 Å². The van der Waals surface area contributed by atoms with Gasteiger partial charge >= 0.3 is 0 Å². The van der Waals surface area contributed by atoms with Crippen LogP contribution in [0.5, 0.6) is 5.75 Å². The molecule has 0 aromatic heterocycles. The van der Waals surface area contributed by atoms with Crippen molar-refractivity contribution in [1.29, 1.82) is 0 Å². The number of methoxy groups -OCH3 is 1. The molecule has 0 aliphatic rings. The zero-order valence-electron chi connectivity index (χ0n) is 10.3. The van der Waals surface area contributed by atoms with Crippen LogP contribution in [0.3, 0.4) is 0 Å². The van der Waals surface area contributed by atoms with Crippen LogP contribution in [-0.4, -0.2) is 12.9 Å². The van der Waals surface area contributed by atoms with Gasteiger partial charge in [0.2, 0.25) is 0 Å². The van der Waals surface area contributed by atoms with Crippen LogP contribution in [0.15, 0.2) is 42.5 Å². The molecule has 98 valence electrons. The summed E-state index contributed by atoms with van der Waals surface area (Å²) in [6, 6.07) is 10.8. The Morgan fingerprint density at radius 3 is 2.37 bits per heavy atom. The molecule has 2 nitrogen and oxygen atoms in total. The molecule has 0 bridgehead atoms.